The molecule has 1 atom stereocenters. The molecule has 1 aromatic carbocycles. The number of amides is 1. The van der Waals surface area contributed by atoms with E-state index >= 15 is 0 Å². The monoisotopic (exact) mass is 313 g/mol. The average molecular weight is 314 g/mol. The highest BCUT2D eigenvalue weighted by Crippen LogP contribution is 2.13. The van der Waals surface area contributed by atoms with E-state index < -0.39 is 0 Å². The molecule has 0 saturated carbocycles. The Hall–Kier alpha value is -0.910. The molecule has 2 rings (SSSR count). The topological polar surface area (TPSA) is 47.6 Å². The van der Waals surface area contributed by atoms with Gasteiger partial charge in [-0.25, -0.2) is 10.3 Å². The Kier molecular flexibility index (Phi) is 5.16. The Bertz CT molecular complexity index is 405. The van der Waals surface area contributed by atoms with E-state index in [-0.39, 0.29) is 12.2 Å². The summed E-state index contributed by atoms with van der Waals surface area (Å²) in [6, 6.07) is 7.64. The number of carbonyl (C=O) groups is 1. The zero-order chi connectivity index (χ0) is 12.8. The van der Waals surface area contributed by atoms with Crippen molar-refractivity contribution in [1.82, 2.24) is 5.48 Å². The van der Waals surface area contributed by atoms with Gasteiger partial charge in [0.2, 0.25) is 5.91 Å². The summed E-state index contributed by atoms with van der Waals surface area (Å²) in [7, 11) is 0. The summed E-state index contributed by atoms with van der Waals surface area (Å²) >= 11 is 3.37. The molecular formula is C13H16BrNO3. The maximum Gasteiger partial charge on any atom is 0.248 e. The number of hydroxylamine groups is 1. The van der Waals surface area contributed by atoms with Crippen molar-refractivity contribution in [2.24, 2.45) is 0 Å². The molecule has 1 N–H and O–H groups in total. The van der Waals surface area contributed by atoms with Gasteiger partial charge in [-0.3, -0.25) is 4.79 Å². The lowest BCUT2D eigenvalue weighted by atomic mass is 10.1. The largest absolute Gasteiger partial charge is 0.350 e. The molecule has 0 spiro atoms. The van der Waals surface area contributed by atoms with Gasteiger partial charge in [0, 0.05) is 17.5 Å². The van der Waals surface area contributed by atoms with Crippen LogP contribution in [0.25, 0.3) is 0 Å². The molecule has 1 fully saturated rings. The number of hydrogen-bond donors (Lipinski definition) is 1. The fraction of sp³-hybridized carbons (Fsp3) is 0.462. The first-order chi connectivity index (χ1) is 8.74. The van der Waals surface area contributed by atoms with Crippen molar-refractivity contribution < 1.29 is 14.4 Å². The predicted octanol–water partition coefficient (Wildman–Crippen LogP) is 2.57. The molecule has 0 bridgehead atoms. The molecule has 5 heteroatoms. The molecule has 1 aliphatic heterocycles. The minimum atomic E-state index is -0.301. The standard InChI is InChI=1S/C13H16BrNO3/c14-11-5-3-4-10(8-11)9-12(16)15-18-13-6-1-2-7-17-13/h3-5,8,13H,1-2,6-7,9H2,(H,15,16)/t13-/m0/s1. The molecule has 1 aliphatic rings. The number of benzene rings is 1. The fourth-order valence-electron chi connectivity index (χ4n) is 1.80. The van der Waals surface area contributed by atoms with Crippen molar-refractivity contribution in [3.05, 3.63) is 34.3 Å². The SMILES string of the molecule is O=C(Cc1cccc(Br)c1)NO[C@H]1CCCCO1. The van der Waals surface area contributed by atoms with Crippen molar-refractivity contribution in [2.45, 2.75) is 32.0 Å². The van der Waals surface area contributed by atoms with Crippen LogP contribution in [0.4, 0.5) is 0 Å². The Morgan fingerprint density at radius 2 is 2.39 bits per heavy atom. The molecule has 18 heavy (non-hydrogen) atoms. The Balaban J connectivity index is 1.74. The quantitative estimate of drug-likeness (QED) is 0.869. The van der Waals surface area contributed by atoms with Crippen LogP contribution in [0.5, 0.6) is 0 Å². The normalized spacial score (nSPS) is 19.5. The van der Waals surface area contributed by atoms with Gasteiger partial charge in [-0.05, 0) is 30.5 Å². The van der Waals surface area contributed by atoms with Crippen LogP contribution in [0.15, 0.2) is 28.7 Å². The Morgan fingerprint density at radius 3 is 3.11 bits per heavy atom. The van der Waals surface area contributed by atoms with Crippen LogP contribution >= 0.6 is 15.9 Å². The third-order valence-electron chi connectivity index (χ3n) is 2.70. The number of carbonyl (C=O) groups excluding carboxylic acids is 1. The zero-order valence-corrected chi connectivity index (χ0v) is 11.6. The summed E-state index contributed by atoms with van der Waals surface area (Å²) in [6.07, 6.45) is 2.96. The minimum Gasteiger partial charge on any atom is -0.350 e. The predicted molar refractivity (Wildman–Crippen MR) is 70.7 cm³/mol. The van der Waals surface area contributed by atoms with Gasteiger partial charge in [-0.2, -0.15) is 0 Å². The number of hydrogen-bond acceptors (Lipinski definition) is 3. The van der Waals surface area contributed by atoms with Crippen LogP contribution < -0.4 is 5.48 Å². The minimum absolute atomic E-state index is 0.165. The second-order valence-electron chi connectivity index (χ2n) is 4.25. The number of nitrogens with one attached hydrogen (secondary N) is 1. The lowest BCUT2D eigenvalue weighted by Crippen LogP contribution is -2.33. The number of rotatable bonds is 4. The van der Waals surface area contributed by atoms with Crippen LogP contribution in [0.1, 0.15) is 24.8 Å². The van der Waals surface area contributed by atoms with E-state index in [2.05, 4.69) is 21.4 Å². The van der Waals surface area contributed by atoms with E-state index in [0.29, 0.717) is 13.0 Å². The molecule has 4 nitrogen and oxygen atoms in total. The first-order valence-electron chi connectivity index (χ1n) is 6.04. The molecule has 1 heterocycles. The lowest BCUT2D eigenvalue weighted by Gasteiger charge is -2.22. The Labute approximate surface area is 115 Å². The fourth-order valence-corrected chi connectivity index (χ4v) is 2.25. The third kappa shape index (κ3) is 4.40. The molecule has 1 aromatic rings. The third-order valence-corrected chi connectivity index (χ3v) is 3.19. The van der Waals surface area contributed by atoms with E-state index in [0.717, 1.165) is 29.3 Å². The van der Waals surface area contributed by atoms with Crippen LogP contribution in [0.3, 0.4) is 0 Å². The van der Waals surface area contributed by atoms with E-state index in [1.807, 2.05) is 24.3 Å². The van der Waals surface area contributed by atoms with Gasteiger partial charge < -0.3 is 4.74 Å². The smallest absolute Gasteiger partial charge is 0.248 e. The van der Waals surface area contributed by atoms with Gasteiger partial charge in [0.1, 0.15) is 0 Å². The van der Waals surface area contributed by atoms with E-state index in [1.54, 1.807) is 0 Å². The van der Waals surface area contributed by atoms with Crippen LogP contribution in [0.2, 0.25) is 0 Å². The van der Waals surface area contributed by atoms with E-state index in [9.17, 15) is 4.79 Å². The average Bonchev–Trinajstić information content (AvgIpc) is 2.38. The highest BCUT2D eigenvalue weighted by molar-refractivity contribution is 9.10. The molecule has 1 saturated heterocycles. The lowest BCUT2D eigenvalue weighted by molar-refractivity contribution is -0.200. The second-order valence-corrected chi connectivity index (χ2v) is 5.16. The maximum atomic E-state index is 11.7. The molecule has 0 aliphatic carbocycles. The van der Waals surface area contributed by atoms with E-state index in [1.165, 1.54) is 0 Å². The van der Waals surface area contributed by atoms with Gasteiger partial charge in [0.05, 0.1) is 6.42 Å². The first-order valence-corrected chi connectivity index (χ1v) is 6.84. The van der Waals surface area contributed by atoms with Crippen molar-refractivity contribution in [2.75, 3.05) is 6.61 Å². The highest BCUT2D eigenvalue weighted by Gasteiger charge is 2.15. The van der Waals surface area contributed by atoms with Gasteiger partial charge in [0.25, 0.3) is 0 Å². The van der Waals surface area contributed by atoms with Crippen molar-refractivity contribution in [3.63, 3.8) is 0 Å². The summed E-state index contributed by atoms with van der Waals surface area (Å²) in [6.45, 7) is 0.701. The van der Waals surface area contributed by atoms with Gasteiger partial charge in [0.15, 0.2) is 6.29 Å². The molecule has 98 valence electrons. The summed E-state index contributed by atoms with van der Waals surface area (Å²) in [4.78, 5) is 16.9. The van der Waals surface area contributed by atoms with Crippen molar-refractivity contribution in [1.29, 1.82) is 0 Å². The molecule has 0 aromatic heterocycles. The molecular weight excluding hydrogens is 298 g/mol. The summed E-state index contributed by atoms with van der Waals surface area (Å²) < 4.78 is 6.32. The van der Waals surface area contributed by atoms with Crippen LogP contribution in [-0.4, -0.2) is 18.8 Å². The second kappa shape index (κ2) is 6.87. The first kappa shape index (κ1) is 13.5. The maximum absolute atomic E-state index is 11.7. The van der Waals surface area contributed by atoms with Gasteiger partial charge in [-0.1, -0.05) is 28.1 Å². The molecule has 1 amide bonds. The Morgan fingerprint density at radius 1 is 1.50 bits per heavy atom. The molecule has 0 unspecified atom stereocenters. The summed E-state index contributed by atoms with van der Waals surface area (Å²) in [5.41, 5.74) is 3.38. The van der Waals surface area contributed by atoms with E-state index in [4.69, 9.17) is 9.57 Å². The zero-order valence-electron chi connectivity index (χ0n) is 10.0. The number of ether oxygens (including phenoxy) is 1. The summed E-state index contributed by atoms with van der Waals surface area (Å²) in [5.74, 6) is -0.165. The van der Waals surface area contributed by atoms with Crippen molar-refractivity contribution in [3.8, 4) is 0 Å². The summed E-state index contributed by atoms with van der Waals surface area (Å²) in [5, 5.41) is 0. The van der Waals surface area contributed by atoms with Gasteiger partial charge >= 0.3 is 0 Å². The highest BCUT2D eigenvalue weighted by atomic mass is 79.9. The van der Waals surface area contributed by atoms with Gasteiger partial charge in [-0.15, -0.1) is 0 Å². The molecule has 0 radical (unpaired) electrons. The van der Waals surface area contributed by atoms with Crippen LogP contribution in [0, 0.1) is 0 Å². The van der Waals surface area contributed by atoms with Crippen LogP contribution in [-0.2, 0) is 20.8 Å². The van der Waals surface area contributed by atoms with Crippen molar-refractivity contribution >= 4 is 21.8 Å². The number of halogens is 1.